The van der Waals surface area contributed by atoms with Crippen molar-refractivity contribution in [2.75, 3.05) is 13.2 Å². The highest BCUT2D eigenvalue weighted by atomic mass is 35.5. The summed E-state index contributed by atoms with van der Waals surface area (Å²) in [6.45, 7) is 6.92. The van der Waals surface area contributed by atoms with Crippen molar-refractivity contribution in [3.63, 3.8) is 0 Å². The van der Waals surface area contributed by atoms with Crippen LogP contribution in [-0.4, -0.2) is 31.2 Å². The number of hydrogen-bond donors (Lipinski definition) is 3. The maximum atomic E-state index is 5.61. The van der Waals surface area contributed by atoms with Crippen LogP contribution in [0.1, 0.15) is 32.8 Å². The van der Waals surface area contributed by atoms with Gasteiger partial charge in [0, 0.05) is 12.5 Å². The number of nitrogens with two attached hydrogens (primary N) is 2. The molecule has 0 unspecified atom stereocenters. The number of hydroxylamine groups is 1. The van der Waals surface area contributed by atoms with E-state index in [9.17, 15) is 0 Å². The molecule has 0 aliphatic carbocycles. The van der Waals surface area contributed by atoms with Crippen LogP contribution < -0.4 is 21.7 Å². The molecule has 0 bridgehead atoms. The summed E-state index contributed by atoms with van der Waals surface area (Å²) in [4.78, 5) is 13.1. The number of benzene rings is 1. The van der Waals surface area contributed by atoms with Gasteiger partial charge in [-0.25, -0.2) is 10.5 Å². The Labute approximate surface area is 149 Å². The third-order valence-corrected chi connectivity index (χ3v) is 2.79. The van der Waals surface area contributed by atoms with E-state index in [4.69, 9.17) is 21.0 Å². The lowest BCUT2D eigenvalue weighted by Gasteiger charge is -2.08. The van der Waals surface area contributed by atoms with Crippen LogP contribution in [-0.2, 0) is 11.3 Å². The second-order valence-corrected chi connectivity index (χ2v) is 5.23. The Morgan fingerprint density at radius 1 is 1.17 bits per heavy atom. The smallest absolute Gasteiger partial charge is 0.221 e. The third-order valence-electron chi connectivity index (χ3n) is 2.79. The van der Waals surface area contributed by atoms with Crippen LogP contribution in [0.25, 0.3) is 0 Å². The Kier molecular flexibility index (Phi) is 11.4. The molecule has 0 spiro atoms. The van der Waals surface area contributed by atoms with Crippen LogP contribution >= 0.6 is 12.4 Å². The summed E-state index contributed by atoms with van der Waals surface area (Å²) >= 11 is 0. The van der Waals surface area contributed by atoms with Gasteiger partial charge in [-0.3, -0.25) is 4.84 Å². The minimum Gasteiger partial charge on any atom is -0.494 e. The second-order valence-electron chi connectivity index (χ2n) is 5.23. The molecular weight excluding hydrogens is 330 g/mol. The number of ether oxygens (including phenoxy) is 1. The van der Waals surface area contributed by atoms with E-state index in [1.54, 1.807) is 0 Å². The number of hydrogen-bond acceptors (Lipinski definition) is 3. The van der Waals surface area contributed by atoms with E-state index in [2.05, 4.69) is 34.5 Å². The number of aliphatic imine (C=N–C) groups is 2. The molecule has 0 amide bonds. The summed E-state index contributed by atoms with van der Waals surface area (Å²) in [6, 6.07) is 8.14. The van der Waals surface area contributed by atoms with Crippen LogP contribution in [0.2, 0.25) is 0 Å². The molecule has 1 aromatic carbocycles. The molecule has 8 heteroatoms. The molecule has 5 N–H and O–H groups in total. The van der Waals surface area contributed by atoms with Gasteiger partial charge in [-0.1, -0.05) is 19.1 Å². The largest absolute Gasteiger partial charge is 0.494 e. The number of guanidine groups is 2. The fraction of sp³-hybridized carbons (Fsp3) is 0.500. The van der Waals surface area contributed by atoms with Gasteiger partial charge in [-0.05, 0) is 38.0 Å². The maximum absolute atomic E-state index is 5.61. The highest BCUT2D eigenvalue weighted by Gasteiger charge is 1.97. The Morgan fingerprint density at radius 2 is 1.83 bits per heavy atom. The molecule has 0 aromatic heterocycles. The SMILES string of the molecule is CCc1ccc(OCCCONC(N)=NC(N)=NC(C)C)cc1.Cl. The fourth-order valence-corrected chi connectivity index (χ4v) is 1.71. The zero-order valence-corrected chi connectivity index (χ0v) is 15.3. The van der Waals surface area contributed by atoms with Gasteiger partial charge in [0.1, 0.15) is 5.75 Å². The molecule has 0 heterocycles. The predicted molar refractivity (Wildman–Crippen MR) is 101 cm³/mol. The van der Waals surface area contributed by atoms with Crippen molar-refractivity contribution in [2.24, 2.45) is 21.5 Å². The highest BCUT2D eigenvalue weighted by molar-refractivity contribution is 5.92. The third kappa shape index (κ3) is 9.91. The van der Waals surface area contributed by atoms with E-state index in [-0.39, 0.29) is 30.4 Å². The lowest BCUT2D eigenvalue weighted by Crippen LogP contribution is -2.34. The number of nitrogens with zero attached hydrogens (tertiary/aromatic N) is 2. The normalized spacial score (nSPS) is 12.0. The summed E-state index contributed by atoms with van der Waals surface area (Å²) in [6.07, 6.45) is 1.74. The van der Waals surface area contributed by atoms with Crippen molar-refractivity contribution in [3.8, 4) is 5.75 Å². The number of aryl methyl sites for hydroxylation is 1. The van der Waals surface area contributed by atoms with E-state index in [0.717, 1.165) is 12.2 Å². The van der Waals surface area contributed by atoms with Crippen LogP contribution in [0, 0.1) is 0 Å². The first kappa shape index (κ1) is 22.0. The van der Waals surface area contributed by atoms with E-state index < -0.39 is 0 Å². The van der Waals surface area contributed by atoms with Gasteiger partial charge in [-0.2, -0.15) is 4.99 Å². The van der Waals surface area contributed by atoms with Gasteiger partial charge in [-0.15, -0.1) is 12.4 Å². The summed E-state index contributed by atoms with van der Waals surface area (Å²) in [5.74, 6) is 1.05. The maximum Gasteiger partial charge on any atom is 0.221 e. The molecule has 136 valence electrons. The van der Waals surface area contributed by atoms with E-state index in [0.29, 0.717) is 19.6 Å². The molecule has 0 saturated carbocycles. The molecule has 1 aromatic rings. The summed E-state index contributed by atoms with van der Waals surface area (Å²) in [5, 5.41) is 0. The Hall–Kier alpha value is -1.99. The van der Waals surface area contributed by atoms with Gasteiger partial charge < -0.3 is 16.2 Å². The van der Waals surface area contributed by atoms with Crippen LogP contribution in [0.3, 0.4) is 0 Å². The van der Waals surface area contributed by atoms with Gasteiger partial charge in [0.05, 0.1) is 13.2 Å². The molecule has 1 rings (SSSR count). The van der Waals surface area contributed by atoms with Crippen molar-refractivity contribution < 1.29 is 9.57 Å². The molecule has 0 aliphatic heterocycles. The first-order valence-corrected chi connectivity index (χ1v) is 7.78. The summed E-state index contributed by atoms with van der Waals surface area (Å²) < 4.78 is 5.61. The van der Waals surface area contributed by atoms with Crippen molar-refractivity contribution in [1.82, 2.24) is 5.48 Å². The Balaban J connectivity index is 0.00000529. The number of halogens is 1. The average molecular weight is 358 g/mol. The molecule has 0 aliphatic rings. The molecule has 0 radical (unpaired) electrons. The van der Waals surface area contributed by atoms with Gasteiger partial charge in [0.2, 0.25) is 11.9 Å². The lowest BCUT2D eigenvalue weighted by atomic mass is 10.2. The zero-order chi connectivity index (χ0) is 17.1. The average Bonchev–Trinajstić information content (AvgIpc) is 2.50. The fourth-order valence-electron chi connectivity index (χ4n) is 1.71. The molecule has 0 saturated heterocycles. The first-order chi connectivity index (χ1) is 11.0. The van der Waals surface area contributed by atoms with Crippen LogP contribution in [0.15, 0.2) is 34.3 Å². The predicted octanol–water partition coefficient (Wildman–Crippen LogP) is 2.00. The van der Waals surface area contributed by atoms with Crippen molar-refractivity contribution in [2.45, 2.75) is 39.7 Å². The standard InChI is InChI=1S/C16H27N5O2.ClH/c1-4-13-6-8-14(9-7-13)22-10-5-11-23-21-16(18)20-15(17)19-12(2)3;/h6-9,12H,4-5,10-11H2,1-3H3,(H5,17,18,19,20,21);1H. The quantitative estimate of drug-likeness (QED) is 0.285. The highest BCUT2D eigenvalue weighted by Crippen LogP contribution is 2.12. The van der Waals surface area contributed by atoms with Gasteiger partial charge in [0.25, 0.3) is 0 Å². The van der Waals surface area contributed by atoms with E-state index in [1.165, 1.54) is 5.56 Å². The van der Waals surface area contributed by atoms with Crippen LogP contribution in [0.4, 0.5) is 0 Å². The van der Waals surface area contributed by atoms with Gasteiger partial charge in [0.15, 0.2) is 0 Å². The lowest BCUT2D eigenvalue weighted by molar-refractivity contribution is 0.0739. The molecular formula is C16H28ClN5O2. The Morgan fingerprint density at radius 3 is 2.42 bits per heavy atom. The number of rotatable bonds is 8. The van der Waals surface area contributed by atoms with E-state index in [1.807, 2.05) is 26.0 Å². The molecule has 0 fully saturated rings. The van der Waals surface area contributed by atoms with E-state index >= 15 is 0 Å². The second kappa shape index (κ2) is 12.4. The number of nitrogens with one attached hydrogen (secondary N) is 1. The van der Waals surface area contributed by atoms with Crippen molar-refractivity contribution in [3.05, 3.63) is 29.8 Å². The minimum atomic E-state index is 0. The summed E-state index contributed by atoms with van der Waals surface area (Å²) in [7, 11) is 0. The van der Waals surface area contributed by atoms with Crippen molar-refractivity contribution in [1.29, 1.82) is 0 Å². The molecule has 24 heavy (non-hydrogen) atoms. The minimum absolute atomic E-state index is 0. The Bertz CT molecular complexity index is 518. The van der Waals surface area contributed by atoms with Crippen molar-refractivity contribution >= 4 is 24.3 Å². The van der Waals surface area contributed by atoms with Gasteiger partial charge >= 0.3 is 0 Å². The molecule has 7 nitrogen and oxygen atoms in total. The molecule has 0 atom stereocenters. The zero-order valence-electron chi connectivity index (χ0n) is 14.5. The van der Waals surface area contributed by atoms with Crippen LogP contribution in [0.5, 0.6) is 5.75 Å². The summed E-state index contributed by atoms with van der Waals surface area (Å²) in [5.41, 5.74) is 15.0. The first-order valence-electron chi connectivity index (χ1n) is 7.78. The topological polar surface area (TPSA) is 107 Å². The monoisotopic (exact) mass is 357 g/mol.